The molecule has 2 aromatic rings. The highest BCUT2D eigenvalue weighted by atomic mass is 16.3. The number of hydrogen-bond donors (Lipinski definition) is 2. The number of nitrogen functional groups attached to an aromatic ring is 1. The third kappa shape index (κ3) is 2.90. The lowest BCUT2D eigenvalue weighted by atomic mass is 10.3. The van der Waals surface area contributed by atoms with Crippen molar-refractivity contribution in [2.45, 2.75) is 18.9 Å². The van der Waals surface area contributed by atoms with Crippen LogP contribution in [0.1, 0.15) is 23.3 Å². The molecule has 6 nitrogen and oxygen atoms in total. The summed E-state index contributed by atoms with van der Waals surface area (Å²) < 4.78 is 1.65. The molecule has 0 radical (unpaired) electrons. The van der Waals surface area contributed by atoms with Gasteiger partial charge in [-0.15, -0.1) is 0 Å². The molecular formula is C15H18N4O2. The number of amides is 1. The van der Waals surface area contributed by atoms with Crippen LogP contribution in [0.2, 0.25) is 0 Å². The van der Waals surface area contributed by atoms with E-state index >= 15 is 0 Å². The molecule has 0 aliphatic heterocycles. The third-order valence-corrected chi connectivity index (χ3v) is 3.56. The molecular weight excluding hydrogens is 268 g/mol. The van der Waals surface area contributed by atoms with Crippen molar-refractivity contribution in [1.29, 1.82) is 0 Å². The number of benzene rings is 1. The van der Waals surface area contributed by atoms with E-state index in [2.05, 4.69) is 5.10 Å². The number of rotatable bonds is 5. The van der Waals surface area contributed by atoms with Gasteiger partial charge >= 0.3 is 0 Å². The summed E-state index contributed by atoms with van der Waals surface area (Å²) in [6.07, 6.45) is 3.76. The van der Waals surface area contributed by atoms with Gasteiger partial charge in [-0.05, 0) is 43.2 Å². The zero-order chi connectivity index (χ0) is 14.8. The Hall–Kier alpha value is -2.34. The van der Waals surface area contributed by atoms with E-state index in [4.69, 9.17) is 10.8 Å². The zero-order valence-electron chi connectivity index (χ0n) is 11.6. The van der Waals surface area contributed by atoms with Crippen LogP contribution in [0.25, 0.3) is 5.69 Å². The summed E-state index contributed by atoms with van der Waals surface area (Å²) in [6.45, 7) is 0.332. The number of aliphatic hydroxyl groups is 1. The van der Waals surface area contributed by atoms with Gasteiger partial charge in [0.2, 0.25) is 0 Å². The van der Waals surface area contributed by atoms with Crippen LogP contribution in [-0.2, 0) is 0 Å². The molecule has 6 heteroatoms. The van der Waals surface area contributed by atoms with Crippen LogP contribution in [0.3, 0.4) is 0 Å². The molecule has 110 valence electrons. The van der Waals surface area contributed by atoms with Crippen LogP contribution >= 0.6 is 0 Å². The van der Waals surface area contributed by atoms with Gasteiger partial charge in [-0.25, -0.2) is 4.68 Å². The van der Waals surface area contributed by atoms with Crippen molar-refractivity contribution in [3.05, 3.63) is 42.2 Å². The van der Waals surface area contributed by atoms with E-state index in [0.717, 1.165) is 18.5 Å². The van der Waals surface area contributed by atoms with Gasteiger partial charge in [-0.3, -0.25) is 4.79 Å². The molecule has 1 aromatic heterocycles. The number of aliphatic hydroxyl groups excluding tert-OH is 1. The van der Waals surface area contributed by atoms with E-state index in [-0.39, 0.29) is 18.6 Å². The van der Waals surface area contributed by atoms with Gasteiger partial charge in [0, 0.05) is 24.5 Å². The first-order valence-electron chi connectivity index (χ1n) is 7.02. The predicted molar refractivity (Wildman–Crippen MR) is 79.1 cm³/mol. The molecule has 0 bridgehead atoms. The predicted octanol–water partition coefficient (Wildman–Crippen LogP) is 1.05. The first-order chi connectivity index (χ1) is 10.2. The molecule has 3 rings (SSSR count). The maximum atomic E-state index is 12.4. The summed E-state index contributed by atoms with van der Waals surface area (Å²) in [5.74, 6) is -0.124. The van der Waals surface area contributed by atoms with E-state index in [1.165, 1.54) is 0 Å². The number of nitrogens with two attached hydrogens (primary N) is 1. The Labute approximate surface area is 122 Å². The molecule has 3 N–H and O–H groups in total. The van der Waals surface area contributed by atoms with Gasteiger partial charge in [0.15, 0.2) is 5.69 Å². The summed E-state index contributed by atoms with van der Waals surface area (Å²) in [5.41, 5.74) is 7.59. The second-order valence-corrected chi connectivity index (χ2v) is 5.19. The molecule has 21 heavy (non-hydrogen) atoms. The van der Waals surface area contributed by atoms with Crippen molar-refractivity contribution >= 4 is 11.6 Å². The number of anilines is 1. The normalized spacial score (nSPS) is 14.1. The van der Waals surface area contributed by atoms with Crippen LogP contribution in [0, 0.1) is 0 Å². The monoisotopic (exact) mass is 286 g/mol. The van der Waals surface area contributed by atoms with Crippen LogP contribution in [0.5, 0.6) is 0 Å². The molecule has 1 aliphatic rings. The van der Waals surface area contributed by atoms with Gasteiger partial charge in [0.05, 0.1) is 12.3 Å². The van der Waals surface area contributed by atoms with Crippen molar-refractivity contribution in [1.82, 2.24) is 14.7 Å². The second kappa shape index (κ2) is 5.57. The molecule has 0 unspecified atom stereocenters. The van der Waals surface area contributed by atoms with E-state index in [0.29, 0.717) is 17.9 Å². The topological polar surface area (TPSA) is 84.4 Å². The summed E-state index contributed by atoms with van der Waals surface area (Å²) in [4.78, 5) is 14.1. The fourth-order valence-electron chi connectivity index (χ4n) is 2.30. The standard InChI is InChI=1S/C15H18N4O2/c16-11-1-3-13(4-2-11)19-8-7-14(17-19)15(21)18(9-10-20)12-5-6-12/h1-4,7-8,12,20H,5-6,9-10,16H2. The maximum absolute atomic E-state index is 12.4. The van der Waals surface area contributed by atoms with E-state index in [1.54, 1.807) is 34.0 Å². The number of hydrogen-bond acceptors (Lipinski definition) is 4. The number of carbonyl (C=O) groups excluding carboxylic acids is 1. The number of carbonyl (C=O) groups is 1. The zero-order valence-corrected chi connectivity index (χ0v) is 11.6. The van der Waals surface area contributed by atoms with Crippen LogP contribution in [0.4, 0.5) is 5.69 Å². The van der Waals surface area contributed by atoms with Gasteiger partial charge in [-0.1, -0.05) is 0 Å². The molecule has 1 aliphatic carbocycles. The maximum Gasteiger partial charge on any atom is 0.274 e. The van der Waals surface area contributed by atoms with Crippen molar-refractivity contribution in [2.75, 3.05) is 18.9 Å². The fraction of sp³-hybridized carbons (Fsp3) is 0.333. The smallest absolute Gasteiger partial charge is 0.274 e. The second-order valence-electron chi connectivity index (χ2n) is 5.19. The molecule has 1 saturated carbocycles. The minimum Gasteiger partial charge on any atom is -0.399 e. The van der Waals surface area contributed by atoms with Crippen molar-refractivity contribution in [2.24, 2.45) is 0 Å². The highest BCUT2D eigenvalue weighted by Gasteiger charge is 2.33. The van der Waals surface area contributed by atoms with Gasteiger partial charge in [0.1, 0.15) is 0 Å². The largest absolute Gasteiger partial charge is 0.399 e. The van der Waals surface area contributed by atoms with Gasteiger partial charge < -0.3 is 15.7 Å². The highest BCUT2D eigenvalue weighted by molar-refractivity contribution is 5.92. The molecule has 1 heterocycles. The minimum absolute atomic E-state index is 0.0269. The van der Waals surface area contributed by atoms with E-state index in [1.807, 2.05) is 12.1 Å². The Morgan fingerprint density at radius 2 is 2.05 bits per heavy atom. The molecule has 0 spiro atoms. The minimum atomic E-state index is -0.124. The highest BCUT2D eigenvalue weighted by Crippen LogP contribution is 2.27. The van der Waals surface area contributed by atoms with Gasteiger partial charge in [0.25, 0.3) is 5.91 Å². The third-order valence-electron chi connectivity index (χ3n) is 3.56. The first kappa shape index (κ1) is 13.6. The molecule has 0 atom stereocenters. The SMILES string of the molecule is Nc1ccc(-n2ccc(C(=O)N(CCO)C3CC3)n2)cc1. The lowest BCUT2D eigenvalue weighted by molar-refractivity contribution is 0.0701. The van der Waals surface area contributed by atoms with Gasteiger partial charge in [-0.2, -0.15) is 5.10 Å². The summed E-state index contributed by atoms with van der Waals surface area (Å²) in [5, 5.41) is 13.4. The lowest BCUT2D eigenvalue weighted by Gasteiger charge is -2.19. The van der Waals surface area contributed by atoms with Crippen LogP contribution in [0.15, 0.2) is 36.5 Å². The Balaban J connectivity index is 1.80. The lowest BCUT2D eigenvalue weighted by Crippen LogP contribution is -2.35. The van der Waals surface area contributed by atoms with Crippen molar-refractivity contribution in [3.8, 4) is 5.69 Å². The molecule has 1 aromatic carbocycles. The van der Waals surface area contributed by atoms with Crippen molar-refractivity contribution in [3.63, 3.8) is 0 Å². The quantitative estimate of drug-likeness (QED) is 0.805. The molecule has 0 saturated heterocycles. The average Bonchev–Trinajstić information content (AvgIpc) is 3.21. The summed E-state index contributed by atoms with van der Waals surface area (Å²) >= 11 is 0. The number of aromatic nitrogens is 2. The number of nitrogens with zero attached hydrogens (tertiary/aromatic N) is 3. The molecule has 1 fully saturated rings. The van der Waals surface area contributed by atoms with Crippen LogP contribution in [-0.4, -0.2) is 44.9 Å². The van der Waals surface area contributed by atoms with Crippen LogP contribution < -0.4 is 5.73 Å². The average molecular weight is 286 g/mol. The van der Waals surface area contributed by atoms with E-state index in [9.17, 15) is 4.79 Å². The first-order valence-corrected chi connectivity index (χ1v) is 7.02. The van der Waals surface area contributed by atoms with Crippen molar-refractivity contribution < 1.29 is 9.90 Å². The summed E-state index contributed by atoms with van der Waals surface area (Å²) in [7, 11) is 0. The Morgan fingerprint density at radius 3 is 2.67 bits per heavy atom. The Bertz CT molecular complexity index is 631. The van der Waals surface area contributed by atoms with E-state index < -0.39 is 0 Å². The summed E-state index contributed by atoms with van der Waals surface area (Å²) in [6, 6.07) is 9.24. The fourth-order valence-corrected chi connectivity index (χ4v) is 2.30. The Kier molecular flexibility index (Phi) is 3.62. The Morgan fingerprint density at radius 1 is 1.33 bits per heavy atom. The molecule has 1 amide bonds.